The van der Waals surface area contributed by atoms with Crippen molar-refractivity contribution in [2.75, 3.05) is 6.54 Å². The zero-order valence-corrected chi connectivity index (χ0v) is 22.1. The molecule has 1 aliphatic rings. The zero-order valence-electron chi connectivity index (χ0n) is 18.9. The number of nitrogens with one attached hydrogen (secondary N) is 1. The van der Waals surface area contributed by atoms with Gasteiger partial charge in [0.05, 0.1) is 15.7 Å². The van der Waals surface area contributed by atoms with Crippen molar-refractivity contribution < 1.29 is 8.78 Å². The Morgan fingerprint density at radius 1 is 0.943 bits per heavy atom. The van der Waals surface area contributed by atoms with Crippen LogP contribution in [0.25, 0.3) is 21.3 Å². The summed E-state index contributed by atoms with van der Waals surface area (Å²) in [5, 5.41) is 3.50. The Morgan fingerprint density at radius 2 is 1.66 bits per heavy atom. The molecule has 1 aromatic heterocycles. The molecular formula is C26H28Cl3F2N3S. The van der Waals surface area contributed by atoms with E-state index in [-0.39, 0.29) is 54.9 Å². The Kier molecular flexibility index (Phi) is 10.5. The molecular weight excluding hydrogens is 531 g/mol. The maximum Gasteiger partial charge on any atom is 0.126 e. The number of benzene rings is 3. The normalized spacial score (nSPS) is 16.6. The van der Waals surface area contributed by atoms with Gasteiger partial charge in [0.25, 0.3) is 0 Å². The van der Waals surface area contributed by atoms with Gasteiger partial charge in [0.1, 0.15) is 11.6 Å². The summed E-state index contributed by atoms with van der Waals surface area (Å²) in [6.45, 7) is 0.906. The molecule has 0 saturated carbocycles. The molecule has 0 bridgehead atoms. The van der Waals surface area contributed by atoms with Crippen LogP contribution in [0.1, 0.15) is 24.0 Å². The summed E-state index contributed by atoms with van der Waals surface area (Å²) in [4.78, 5) is 4.40. The zero-order chi connectivity index (χ0) is 22.1. The molecule has 3 N–H and O–H groups in total. The van der Waals surface area contributed by atoms with Crippen LogP contribution in [0.3, 0.4) is 0 Å². The third kappa shape index (κ3) is 6.50. The Bertz CT molecular complexity index is 1250. The third-order valence-corrected chi connectivity index (χ3v) is 7.24. The predicted octanol–water partition coefficient (Wildman–Crippen LogP) is 6.74. The van der Waals surface area contributed by atoms with Gasteiger partial charge in [0.2, 0.25) is 0 Å². The summed E-state index contributed by atoms with van der Waals surface area (Å²) in [6, 6.07) is 17.9. The number of halogens is 5. The van der Waals surface area contributed by atoms with Crippen molar-refractivity contribution in [2.45, 2.75) is 37.3 Å². The summed E-state index contributed by atoms with van der Waals surface area (Å²) < 4.78 is 29.5. The molecule has 1 saturated heterocycles. The highest BCUT2D eigenvalue weighted by atomic mass is 35.5. The van der Waals surface area contributed by atoms with Crippen LogP contribution >= 0.6 is 48.6 Å². The molecule has 0 radical (unpaired) electrons. The highest BCUT2D eigenvalue weighted by Crippen LogP contribution is 2.31. The monoisotopic (exact) mass is 557 g/mol. The fourth-order valence-electron chi connectivity index (χ4n) is 4.75. The molecule has 188 valence electrons. The van der Waals surface area contributed by atoms with Crippen molar-refractivity contribution in [3.63, 3.8) is 0 Å². The second-order valence-electron chi connectivity index (χ2n) is 8.70. The van der Waals surface area contributed by atoms with Crippen LogP contribution in [0.5, 0.6) is 0 Å². The number of nitrogens with two attached hydrogens (primary N) is 1. The van der Waals surface area contributed by atoms with Gasteiger partial charge in [-0.3, -0.25) is 0 Å². The van der Waals surface area contributed by atoms with E-state index in [0.717, 1.165) is 46.3 Å². The lowest BCUT2D eigenvalue weighted by molar-refractivity contribution is 0.310. The molecule has 4 aromatic rings. The second-order valence-corrected chi connectivity index (χ2v) is 9.59. The molecule has 0 amide bonds. The fourth-order valence-corrected chi connectivity index (χ4v) is 5.41. The number of nitrogens with zero attached hydrogens (tertiary/aromatic N) is 1. The van der Waals surface area contributed by atoms with Crippen molar-refractivity contribution in [3.8, 4) is 11.1 Å². The lowest BCUT2D eigenvalue weighted by Gasteiger charge is -2.36. The smallest absolute Gasteiger partial charge is 0.126 e. The lowest BCUT2D eigenvalue weighted by atomic mass is 9.78. The number of hydrogen-bond acceptors (Lipinski definition) is 4. The van der Waals surface area contributed by atoms with Gasteiger partial charge in [-0.25, -0.2) is 13.8 Å². The maximum absolute atomic E-state index is 15.0. The number of hydrogen-bond donors (Lipinski definition) is 2. The van der Waals surface area contributed by atoms with Crippen LogP contribution in [-0.4, -0.2) is 23.1 Å². The highest BCUT2D eigenvalue weighted by Gasteiger charge is 2.37. The first-order valence-corrected chi connectivity index (χ1v) is 11.8. The molecule has 3 nitrogen and oxygen atoms in total. The number of rotatable bonds is 6. The molecule has 1 fully saturated rings. The van der Waals surface area contributed by atoms with Crippen molar-refractivity contribution in [1.82, 2.24) is 10.3 Å². The van der Waals surface area contributed by atoms with E-state index in [1.165, 1.54) is 18.2 Å². The van der Waals surface area contributed by atoms with E-state index < -0.39 is 5.54 Å². The van der Waals surface area contributed by atoms with Crippen molar-refractivity contribution in [1.29, 1.82) is 0 Å². The van der Waals surface area contributed by atoms with Crippen molar-refractivity contribution in [3.05, 3.63) is 88.9 Å². The van der Waals surface area contributed by atoms with E-state index in [9.17, 15) is 8.78 Å². The van der Waals surface area contributed by atoms with E-state index in [0.29, 0.717) is 18.4 Å². The summed E-state index contributed by atoms with van der Waals surface area (Å²) in [5.41, 5.74) is 12.6. The van der Waals surface area contributed by atoms with Crippen LogP contribution in [0.15, 0.2) is 66.2 Å². The van der Waals surface area contributed by atoms with Crippen LogP contribution in [0.4, 0.5) is 8.78 Å². The Balaban J connectivity index is 0.00000144. The van der Waals surface area contributed by atoms with Crippen LogP contribution < -0.4 is 11.1 Å². The van der Waals surface area contributed by atoms with E-state index in [2.05, 4.69) is 16.4 Å². The standard InChI is InChI=1S/C26H25F2N3S.3ClH/c27-21-7-3-17(4-8-21)14-26(29,25-2-1-11-30-25)15-20-12-18(5-9-22(20)28)19-6-10-24-23(13-19)31-16-32-24;;;/h3-10,12-13,16,25,30H,1-2,11,14-15,29H2;3*1H. The van der Waals surface area contributed by atoms with Gasteiger partial charge in [-0.05, 0) is 90.9 Å². The Labute approximate surface area is 226 Å². The van der Waals surface area contributed by atoms with Gasteiger partial charge in [0.15, 0.2) is 0 Å². The summed E-state index contributed by atoms with van der Waals surface area (Å²) >= 11 is 1.60. The van der Waals surface area contributed by atoms with Gasteiger partial charge in [-0.1, -0.05) is 24.3 Å². The molecule has 2 unspecified atom stereocenters. The van der Waals surface area contributed by atoms with Crippen LogP contribution in [0, 0.1) is 11.6 Å². The van der Waals surface area contributed by atoms with Crippen molar-refractivity contribution >= 4 is 58.8 Å². The Hall–Kier alpha value is -1.80. The van der Waals surface area contributed by atoms with Gasteiger partial charge >= 0.3 is 0 Å². The van der Waals surface area contributed by atoms with Crippen LogP contribution in [-0.2, 0) is 12.8 Å². The topological polar surface area (TPSA) is 50.9 Å². The fraction of sp³-hybridized carbons (Fsp3) is 0.269. The first-order valence-electron chi connectivity index (χ1n) is 10.9. The van der Waals surface area contributed by atoms with E-state index in [1.807, 2.05) is 23.7 Å². The van der Waals surface area contributed by atoms with Gasteiger partial charge in [-0.2, -0.15) is 0 Å². The maximum atomic E-state index is 15.0. The SMILES string of the molecule is Cl.Cl.Cl.NC(Cc1ccc(F)cc1)(Cc1cc(-c2ccc3scnc3c2)ccc1F)C1CCCN1. The minimum Gasteiger partial charge on any atom is -0.323 e. The second kappa shape index (κ2) is 12.4. The quantitative estimate of drug-likeness (QED) is 0.275. The summed E-state index contributed by atoms with van der Waals surface area (Å²) in [7, 11) is 0. The average molecular weight is 559 g/mol. The minimum absolute atomic E-state index is 0. The molecule has 35 heavy (non-hydrogen) atoms. The Morgan fingerprint density at radius 3 is 2.37 bits per heavy atom. The molecule has 0 spiro atoms. The minimum atomic E-state index is -0.688. The average Bonchev–Trinajstić information content (AvgIpc) is 3.49. The van der Waals surface area contributed by atoms with Gasteiger partial charge < -0.3 is 11.1 Å². The summed E-state index contributed by atoms with van der Waals surface area (Å²) in [5.74, 6) is -0.526. The molecule has 2 atom stereocenters. The molecule has 0 aliphatic carbocycles. The highest BCUT2D eigenvalue weighted by molar-refractivity contribution is 7.16. The molecule has 2 heterocycles. The largest absolute Gasteiger partial charge is 0.323 e. The molecule has 1 aliphatic heterocycles. The molecule has 5 rings (SSSR count). The van der Waals surface area contributed by atoms with E-state index in [4.69, 9.17) is 5.73 Å². The molecule has 9 heteroatoms. The van der Waals surface area contributed by atoms with Gasteiger partial charge in [-0.15, -0.1) is 48.6 Å². The number of thiazole rings is 1. The van der Waals surface area contributed by atoms with E-state index in [1.54, 1.807) is 29.5 Å². The first kappa shape index (κ1) is 29.4. The van der Waals surface area contributed by atoms with Gasteiger partial charge in [0, 0.05) is 11.6 Å². The third-order valence-electron chi connectivity index (χ3n) is 6.43. The van der Waals surface area contributed by atoms with E-state index >= 15 is 0 Å². The van der Waals surface area contributed by atoms with Crippen LogP contribution in [0.2, 0.25) is 0 Å². The first-order chi connectivity index (χ1) is 15.5. The number of aromatic nitrogens is 1. The van der Waals surface area contributed by atoms with Crippen molar-refractivity contribution in [2.24, 2.45) is 5.73 Å². The lowest BCUT2D eigenvalue weighted by Crippen LogP contribution is -2.58. The predicted molar refractivity (Wildman–Crippen MR) is 149 cm³/mol. The molecule has 3 aromatic carbocycles. The summed E-state index contributed by atoms with van der Waals surface area (Å²) in [6.07, 6.45) is 2.92. The number of fused-ring (bicyclic) bond motifs is 1.